The van der Waals surface area contributed by atoms with Crippen LogP contribution in [0.5, 0.6) is 5.75 Å². The second-order valence-corrected chi connectivity index (χ2v) is 9.07. The van der Waals surface area contributed by atoms with E-state index in [4.69, 9.17) is 4.74 Å². The van der Waals surface area contributed by atoms with Crippen molar-refractivity contribution < 1.29 is 9.53 Å². The van der Waals surface area contributed by atoms with Gasteiger partial charge in [-0.25, -0.2) is 0 Å². The van der Waals surface area contributed by atoms with Crippen LogP contribution in [0.4, 0.5) is 0 Å². The van der Waals surface area contributed by atoms with Gasteiger partial charge in [-0.2, -0.15) is 0 Å². The number of piperidine rings is 1. The topological polar surface area (TPSA) is 41.6 Å². The van der Waals surface area contributed by atoms with Crippen LogP contribution in [0.1, 0.15) is 58.6 Å². The van der Waals surface area contributed by atoms with Crippen LogP contribution in [-0.4, -0.2) is 35.5 Å². The summed E-state index contributed by atoms with van der Waals surface area (Å²) in [5, 5.41) is 3.18. The Morgan fingerprint density at radius 2 is 1.96 bits per heavy atom. The van der Waals surface area contributed by atoms with Gasteiger partial charge in [0.15, 0.2) is 0 Å². The standard InChI is InChI=1S/C22H34N2O2/c1-15(2)16(3)23-21(25)18-8-10-24(11-9-18)14-17-6-7-20-19(12-17)13-22(4,5)26-20/h6-7,12,15-16,18H,8-11,13-14H2,1-5H3,(H,23,25). The molecular formula is C22H34N2O2. The number of hydrogen-bond donors (Lipinski definition) is 1. The quantitative estimate of drug-likeness (QED) is 0.871. The molecular weight excluding hydrogens is 324 g/mol. The molecule has 0 bridgehead atoms. The largest absolute Gasteiger partial charge is 0.487 e. The Morgan fingerprint density at radius 3 is 2.62 bits per heavy atom. The zero-order valence-electron chi connectivity index (χ0n) is 17.0. The molecule has 1 atom stereocenters. The van der Waals surface area contributed by atoms with Gasteiger partial charge in [0.2, 0.25) is 5.91 Å². The van der Waals surface area contributed by atoms with Gasteiger partial charge >= 0.3 is 0 Å². The minimum absolute atomic E-state index is 0.0835. The molecule has 2 aliphatic rings. The van der Waals surface area contributed by atoms with Gasteiger partial charge in [-0.3, -0.25) is 9.69 Å². The Kier molecular flexibility index (Phi) is 5.61. The Labute approximate surface area is 158 Å². The fourth-order valence-corrected chi connectivity index (χ4v) is 3.88. The molecule has 1 aromatic carbocycles. The third-order valence-electron chi connectivity index (χ3n) is 5.86. The maximum atomic E-state index is 12.4. The molecule has 4 heteroatoms. The van der Waals surface area contributed by atoms with Crippen molar-refractivity contribution >= 4 is 5.91 Å². The molecule has 2 aliphatic heterocycles. The molecule has 3 rings (SSSR count). The summed E-state index contributed by atoms with van der Waals surface area (Å²) in [5.41, 5.74) is 2.59. The minimum atomic E-state index is -0.0835. The summed E-state index contributed by atoms with van der Waals surface area (Å²) in [6.45, 7) is 13.6. The van der Waals surface area contributed by atoms with Crippen molar-refractivity contribution in [2.24, 2.45) is 11.8 Å². The number of amides is 1. The number of fused-ring (bicyclic) bond motifs is 1. The van der Waals surface area contributed by atoms with Gasteiger partial charge in [0.1, 0.15) is 11.4 Å². The SMILES string of the molecule is CC(C)C(C)NC(=O)C1CCN(Cc2ccc3c(c2)CC(C)(C)O3)CC1. The molecule has 26 heavy (non-hydrogen) atoms. The number of nitrogens with one attached hydrogen (secondary N) is 1. The van der Waals surface area contributed by atoms with Crippen LogP contribution in [0.25, 0.3) is 0 Å². The average molecular weight is 359 g/mol. The smallest absolute Gasteiger partial charge is 0.223 e. The van der Waals surface area contributed by atoms with Gasteiger partial charge < -0.3 is 10.1 Å². The Bertz CT molecular complexity index is 646. The van der Waals surface area contributed by atoms with E-state index in [1.807, 2.05) is 0 Å². The van der Waals surface area contributed by atoms with Crippen molar-refractivity contribution in [1.29, 1.82) is 0 Å². The average Bonchev–Trinajstić information content (AvgIpc) is 2.88. The highest BCUT2D eigenvalue weighted by Crippen LogP contribution is 2.35. The summed E-state index contributed by atoms with van der Waals surface area (Å²) < 4.78 is 5.97. The first kappa shape index (κ1) is 19.2. The lowest BCUT2D eigenvalue weighted by Gasteiger charge is -2.32. The van der Waals surface area contributed by atoms with E-state index >= 15 is 0 Å². The number of benzene rings is 1. The number of hydrogen-bond acceptors (Lipinski definition) is 3. The van der Waals surface area contributed by atoms with Crippen molar-refractivity contribution in [3.63, 3.8) is 0 Å². The zero-order chi connectivity index (χ0) is 18.9. The summed E-state index contributed by atoms with van der Waals surface area (Å²) in [6.07, 6.45) is 2.89. The highest BCUT2D eigenvalue weighted by atomic mass is 16.5. The van der Waals surface area contributed by atoms with Gasteiger partial charge in [0, 0.05) is 24.9 Å². The first-order valence-corrected chi connectivity index (χ1v) is 10.1. The molecule has 144 valence electrons. The van der Waals surface area contributed by atoms with Crippen LogP contribution in [-0.2, 0) is 17.8 Å². The van der Waals surface area contributed by atoms with Crippen molar-refractivity contribution in [3.8, 4) is 5.75 Å². The molecule has 1 aromatic rings. The first-order chi connectivity index (χ1) is 12.2. The van der Waals surface area contributed by atoms with E-state index in [1.165, 1.54) is 11.1 Å². The highest BCUT2D eigenvalue weighted by Gasteiger charge is 2.30. The number of ether oxygens (including phenoxy) is 1. The van der Waals surface area contributed by atoms with Crippen LogP contribution in [0.2, 0.25) is 0 Å². The van der Waals surface area contributed by atoms with Gasteiger partial charge in [0.25, 0.3) is 0 Å². The van der Waals surface area contributed by atoms with E-state index < -0.39 is 0 Å². The predicted octanol–water partition coefficient (Wildman–Crippen LogP) is 3.77. The van der Waals surface area contributed by atoms with Crippen molar-refractivity contribution in [2.75, 3.05) is 13.1 Å². The molecule has 1 amide bonds. The van der Waals surface area contributed by atoms with E-state index in [9.17, 15) is 4.79 Å². The normalized spacial score (nSPS) is 21.3. The van der Waals surface area contributed by atoms with E-state index in [0.29, 0.717) is 5.92 Å². The molecule has 0 aliphatic carbocycles. The van der Waals surface area contributed by atoms with Crippen molar-refractivity contribution in [2.45, 2.75) is 72.1 Å². The van der Waals surface area contributed by atoms with Gasteiger partial charge in [-0.1, -0.05) is 26.0 Å². The number of rotatable bonds is 5. The predicted molar refractivity (Wildman–Crippen MR) is 105 cm³/mol. The summed E-state index contributed by atoms with van der Waals surface area (Å²) >= 11 is 0. The fourth-order valence-electron chi connectivity index (χ4n) is 3.88. The maximum Gasteiger partial charge on any atom is 0.223 e. The lowest BCUT2D eigenvalue weighted by atomic mass is 9.94. The van der Waals surface area contributed by atoms with Crippen molar-refractivity contribution in [1.82, 2.24) is 10.2 Å². The van der Waals surface area contributed by atoms with E-state index in [2.05, 4.69) is 63.0 Å². The third-order valence-corrected chi connectivity index (χ3v) is 5.86. The molecule has 0 spiro atoms. The lowest BCUT2D eigenvalue weighted by molar-refractivity contribution is -0.127. The molecule has 1 saturated heterocycles. The molecule has 4 nitrogen and oxygen atoms in total. The van der Waals surface area contributed by atoms with E-state index in [-0.39, 0.29) is 23.5 Å². The Hall–Kier alpha value is -1.55. The molecule has 1 unspecified atom stereocenters. The molecule has 2 heterocycles. The number of nitrogens with zero attached hydrogens (tertiary/aromatic N) is 1. The fraction of sp³-hybridized carbons (Fsp3) is 0.682. The van der Waals surface area contributed by atoms with Crippen LogP contribution in [0, 0.1) is 11.8 Å². The number of carbonyl (C=O) groups excluding carboxylic acids is 1. The lowest BCUT2D eigenvalue weighted by Crippen LogP contribution is -2.44. The van der Waals surface area contributed by atoms with Gasteiger partial charge in [0.05, 0.1) is 0 Å². The second-order valence-electron chi connectivity index (χ2n) is 9.07. The van der Waals surface area contributed by atoms with Crippen LogP contribution >= 0.6 is 0 Å². The number of likely N-dealkylation sites (tertiary alicyclic amines) is 1. The first-order valence-electron chi connectivity index (χ1n) is 10.1. The van der Waals surface area contributed by atoms with Gasteiger partial charge in [-0.15, -0.1) is 0 Å². The Balaban J connectivity index is 1.50. The summed E-state index contributed by atoms with van der Waals surface area (Å²) in [5.74, 6) is 1.92. The molecule has 0 saturated carbocycles. The number of carbonyl (C=O) groups is 1. The van der Waals surface area contributed by atoms with Crippen molar-refractivity contribution in [3.05, 3.63) is 29.3 Å². The zero-order valence-corrected chi connectivity index (χ0v) is 17.0. The summed E-state index contributed by atoms with van der Waals surface area (Å²) in [7, 11) is 0. The van der Waals surface area contributed by atoms with Crippen LogP contribution < -0.4 is 10.1 Å². The molecule has 1 fully saturated rings. The van der Waals surface area contributed by atoms with E-state index in [0.717, 1.165) is 44.6 Å². The maximum absolute atomic E-state index is 12.4. The second kappa shape index (κ2) is 7.59. The molecule has 1 N–H and O–H groups in total. The highest BCUT2D eigenvalue weighted by molar-refractivity contribution is 5.79. The Morgan fingerprint density at radius 1 is 1.27 bits per heavy atom. The molecule has 0 aromatic heterocycles. The van der Waals surface area contributed by atoms with Gasteiger partial charge in [-0.05, 0) is 69.8 Å². The van der Waals surface area contributed by atoms with Crippen LogP contribution in [0.15, 0.2) is 18.2 Å². The van der Waals surface area contributed by atoms with Crippen LogP contribution in [0.3, 0.4) is 0 Å². The van der Waals surface area contributed by atoms with E-state index in [1.54, 1.807) is 0 Å². The minimum Gasteiger partial charge on any atom is -0.487 e. The summed E-state index contributed by atoms with van der Waals surface area (Å²) in [6, 6.07) is 6.85. The monoisotopic (exact) mass is 358 g/mol. The molecule has 0 radical (unpaired) electrons. The summed E-state index contributed by atoms with van der Waals surface area (Å²) in [4.78, 5) is 14.9. The third kappa shape index (κ3) is 4.59.